The number of nitrogens with one attached hydrogen (secondary N) is 1. The lowest BCUT2D eigenvalue weighted by atomic mass is 9.97. The molecule has 1 atom stereocenters. The quantitative estimate of drug-likeness (QED) is 0.788. The third-order valence-corrected chi connectivity index (χ3v) is 5.40. The lowest BCUT2D eigenvalue weighted by Gasteiger charge is -2.30. The number of carbonyl (C=O) groups is 1. The van der Waals surface area contributed by atoms with Gasteiger partial charge in [-0.1, -0.05) is 25.1 Å². The van der Waals surface area contributed by atoms with Crippen LogP contribution in [0.3, 0.4) is 0 Å². The molecule has 0 spiro atoms. The molecule has 1 aromatic rings. The highest BCUT2D eigenvalue weighted by Gasteiger charge is 2.28. The van der Waals surface area contributed by atoms with E-state index in [0.717, 1.165) is 70.2 Å². The Hall–Kier alpha value is -1.89. The van der Waals surface area contributed by atoms with Crippen molar-refractivity contribution in [1.82, 2.24) is 25.3 Å². The number of carbonyl (C=O) groups excluding carboxylic acids is 1. The maximum absolute atomic E-state index is 12.4. The summed E-state index contributed by atoms with van der Waals surface area (Å²) in [6.07, 6.45) is 4.84. The van der Waals surface area contributed by atoms with Crippen molar-refractivity contribution in [2.75, 3.05) is 39.3 Å². The topological polar surface area (TPSA) is 74.5 Å². The fraction of sp³-hybridized carbons (Fsp3) is 0.737. The summed E-state index contributed by atoms with van der Waals surface area (Å²) in [5, 5.41) is 7.16. The summed E-state index contributed by atoms with van der Waals surface area (Å²) in [5.41, 5.74) is 0. The third kappa shape index (κ3) is 4.63. The summed E-state index contributed by atoms with van der Waals surface area (Å²) in [6.45, 7) is 13.2. The van der Waals surface area contributed by atoms with Crippen LogP contribution in [0, 0.1) is 5.92 Å². The predicted molar refractivity (Wildman–Crippen MR) is 100 cm³/mol. The van der Waals surface area contributed by atoms with Gasteiger partial charge < -0.3 is 14.7 Å². The van der Waals surface area contributed by atoms with Crippen LogP contribution < -0.4 is 5.32 Å². The second kappa shape index (κ2) is 8.66. The standard InChI is InChI=1S/C19H31N5O2/c1-4-8-23-9-5-15(13-23)12-20-19(25)24-10-6-16(7-11-24)18-21-17(14(2)3)22-26-18/h4,14-16H,1,5-13H2,2-3H3,(H,20,25)/t15-/m0/s1. The van der Waals surface area contributed by atoms with Crippen LogP contribution in [0.1, 0.15) is 56.7 Å². The van der Waals surface area contributed by atoms with Gasteiger partial charge in [-0.2, -0.15) is 4.98 Å². The Morgan fingerprint density at radius 1 is 1.35 bits per heavy atom. The highest BCUT2D eigenvalue weighted by molar-refractivity contribution is 5.74. The summed E-state index contributed by atoms with van der Waals surface area (Å²) in [4.78, 5) is 21.2. The van der Waals surface area contributed by atoms with E-state index in [-0.39, 0.29) is 17.9 Å². The van der Waals surface area contributed by atoms with Gasteiger partial charge >= 0.3 is 6.03 Å². The molecule has 0 aliphatic carbocycles. The number of hydrogen-bond donors (Lipinski definition) is 1. The summed E-state index contributed by atoms with van der Waals surface area (Å²) in [5.74, 6) is 2.58. The number of rotatable bonds is 6. The number of piperidine rings is 1. The summed E-state index contributed by atoms with van der Waals surface area (Å²) in [6, 6.07) is 0.0546. The van der Waals surface area contributed by atoms with Crippen LogP contribution in [0.25, 0.3) is 0 Å². The minimum Gasteiger partial charge on any atom is -0.339 e. The molecule has 3 rings (SSSR count). The molecule has 0 saturated carbocycles. The summed E-state index contributed by atoms with van der Waals surface area (Å²) >= 11 is 0. The third-order valence-electron chi connectivity index (χ3n) is 5.40. The zero-order chi connectivity index (χ0) is 18.5. The van der Waals surface area contributed by atoms with Crippen LogP contribution in [0.5, 0.6) is 0 Å². The maximum atomic E-state index is 12.4. The Morgan fingerprint density at radius 2 is 2.12 bits per heavy atom. The first-order valence-electron chi connectivity index (χ1n) is 9.76. The largest absolute Gasteiger partial charge is 0.339 e. The van der Waals surface area contributed by atoms with Gasteiger partial charge in [0.05, 0.1) is 0 Å². The SMILES string of the molecule is C=CCN1CC[C@@H](CNC(=O)N2CCC(c3nc(C(C)C)no3)CC2)C1. The highest BCUT2D eigenvalue weighted by Crippen LogP contribution is 2.27. The molecular formula is C19H31N5O2. The molecule has 1 aromatic heterocycles. The summed E-state index contributed by atoms with van der Waals surface area (Å²) < 4.78 is 5.41. The second-order valence-corrected chi connectivity index (χ2v) is 7.80. The average Bonchev–Trinajstić information content (AvgIpc) is 3.30. The van der Waals surface area contributed by atoms with E-state index >= 15 is 0 Å². The second-order valence-electron chi connectivity index (χ2n) is 7.80. The Balaban J connectivity index is 1.40. The summed E-state index contributed by atoms with van der Waals surface area (Å²) in [7, 11) is 0. The van der Waals surface area contributed by atoms with Crippen molar-refractivity contribution < 1.29 is 9.32 Å². The molecule has 0 bridgehead atoms. The molecule has 144 valence electrons. The normalized spacial score (nSPS) is 22.1. The monoisotopic (exact) mass is 361 g/mol. The van der Waals surface area contributed by atoms with Gasteiger partial charge in [0.15, 0.2) is 5.82 Å². The molecule has 7 nitrogen and oxygen atoms in total. The van der Waals surface area contributed by atoms with Gasteiger partial charge in [-0.3, -0.25) is 4.90 Å². The van der Waals surface area contributed by atoms with Crippen LogP contribution >= 0.6 is 0 Å². The van der Waals surface area contributed by atoms with Crippen LogP contribution in [-0.4, -0.2) is 65.2 Å². The van der Waals surface area contributed by atoms with E-state index < -0.39 is 0 Å². The van der Waals surface area contributed by atoms with Gasteiger partial charge in [-0.25, -0.2) is 4.79 Å². The first kappa shape index (κ1) is 18.9. The van der Waals surface area contributed by atoms with E-state index in [1.165, 1.54) is 0 Å². The maximum Gasteiger partial charge on any atom is 0.317 e. The lowest BCUT2D eigenvalue weighted by Crippen LogP contribution is -2.45. The molecular weight excluding hydrogens is 330 g/mol. The smallest absolute Gasteiger partial charge is 0.317 e. The van der Waals surface area contributed by atoms with E-state index in [0.29, 0.717) is 5.92 Å². The van der Waals surface area contributed by atoms with E-state index in [9.17, 15) is 4.79 Å². The van der Waals surface area contributed by atoms with Crippen molar-refractivity contribution in [2.24, 2.45) is 5.92 Å². The number of nitrogens with zero attached hydrogens (tertiary/aromatic N) is 4. The highest BCUT2D eigenvalue weighted by atomic mass is 16.5. The van der Waals surface area contributed by atoms with Gasteiger partial charge in [0, 0.05) is 44.6 Å². The molecule has 2 fully saturated rings. The average molecular weight is 361 g/mol. The van der Waals surface area contributed by atoms with Crippen LogP contribution in [0.2, 0.25) is 0 Å². The number of hydrogen-bond acceptors (Lipinski definition) is 5. The first-order valence-corrected chi connectivity index (χ1v) is 9.76. The Labute approximate surface area is 155 Å². The van der Waals surface area contributed by atoms with Crippen LogP contribution in [0.4, 0.5) is 4.79 Å². The van der Waals surface area contributed by atoms with Crippen molar-refractivity contribution in [3.63, 3.8) is 0 Å². The molecule has 1 N–H and O–H groups in total. The minimum atomic E-state index is 0.0546. The zero-order valence-electron chi connectivity index (χ0n) is 16.0. The molecule has 26 heavy (non-hydrogen) atoms. The van der Waals surface area contributed by atoms with Gasteiger partial charge in [0.1, 0.15) is 0 Å². The van der Waals surface area contributed by atoms with Gasteiger partial charge in [-0.05, 0) is 31.7 Å². The van der Waals surface area contributed by atoms with Crippen molar-refractivity contribution in [3.05, 3.63) is 24.4 Å². The molecule has 2 amide bonds. The van der Waals surface area contributed by atoms with Crippen molar-refractivity contribution in [2.45, 2.75) is 44.9 Å². The molecule has 2 aliphatic rings. The Bertz CT molecular complexity index is 607. The van der Waals surface area contributed by atoms with E-state index in [1.54, 1.807) is 0 Å². The molecule has 0 unspecified atom stereocenters. The molecule has 0 aromatic carbocycles. The number of likely N-dealkylation sites (tertiary alicyclic amines) is 2. The van der Waals surface area contributed by atoms with Crippen molar-refractivity contribution >= 4 is 6.03 Å². The lowest BCUT2D eigenvalue weighted by molar-refractivity contribution is 0.173. The number of amides is 2. The van der Waals surface area contributed by atoms with Gasteiger partial charge in [0.25, 0.3) is 0 Å². The van der Waals surface area contributed by atoms with Crippen LogP contribution in [-0.2, 0) is 0 Å². The van der Waals surface area contributed by atoms with Gasteiger partial charge in [0.2, 0.25) is 5.89 Å². The van der Waals surface area contributed by atoms with Crippen LogP contribution in [0.15, 0.2) is 17.2 Å². The number of urea groups is 1. The molecule has 3 heterocycles. The predicted octanol–water partition coefficient (Wildman–Crippen LogP) is 2.59. The number of aromatic nitrogens is 2. The minimum absolute atomic E-state index is 0.0546. The fourth-order valence-electron chi connectivity index (χ4n) is 3.75. The molecule has 7 heteroatoms. The molecule has 2 saturated heterocycles. The Kier molecular flexibility index (Phi) is 6.29. The fourth-order valence-corrected chi connectivity index (χ4v) is 3.75. The van der Waals surface area contributed by atoms with Crippen molar-refractivity contribution in [1.29, 1.82) is 0 Å². The van der Waals surface area contributed by atoms with Gasteiger partial charge in [-0.15, -0.1) is 6.58 Å². The van der Waals surface area contributed by atoms with E-state index in [1.807, 2.05) is 11.0 Å². The zero-order valence-corrected chi connectivity index (χ0v) is 16.0. The van der Waals surface area contributed by atoms with E-state index in [2.05, 4.69) is 40.8 Å². The van der Waals surface area contributed by atoms with E-state index in [4.69, 9.17) is 4.52 Å². The molecule has 2 aliphatic heterocycles. The molecule has 0 radical (unpaired) electrons. The van der Waals surface area contributed by atoms with Crippen molar-refractivity contribution in [3.8, 4) is 0 Å². The first-order chi connectivity index (χ1) is 12.6. The Morgan fingerprint density at radius 3 is 2.77 bits per heavy atom.